The molecular formula is C15H20N2O3. The van der Waals surface area contributed by atoms with Crippen LogP contribution in [0.15, 0.2) is 24.3 Å². The molecule has 1 aliphatic heterocycles. The molecule has 1 fully saturated rings. The Morgan fingerprint density at radius 3 is 2.65 bits per heavy atom. The van der Waals surface area contributed by atoms with Gasteiger partial charge in [-0.25, -0.2) is 0 Å². The summed E-state index contributed by atoms with van der Waals surface area (Å²) in [5.41, 5.74) is 7.56. The molecule has 1 saturated heterocycles. The molecule has 1 heterocycles. The summed E-state index contributed by atoms with van der Waals surface area (Å²) in [6, 6.07) is 7.60. The Morgan fingerprint density at radius 1 is 1.30 bits per heavy atom. The van der Waals surface area contributed by atoms with Crippen molar-refractivity contribution in [3.8, 4) is 0 Å². The number of carboxylic acid groups (broad SMARTS) is 1. The molecule has 0 aliphatic carbocycles. The summed E-state index contributed by atoms with van der Waals surface area (Å²) < 4.78 is 0. The van der Waals surface area contributed by atoms with Gasteiger partial charge in [-0.15, -0.1) is 0 Å². The molecule has 20 heavy (non-hydrogen) atoms. The lowest BCUT2D eigenvalue weighted by Gasteiger charge is -2.31. The van der Waals surface area contributed by atoms with Gasteiger partial charge in [0.1, 0.15) is 0 Å². The van der Waals surface area contributed by atoms with Gasteiger partial charge in [-0.3, -0.25) is 9.59 Å². The highest BCUT2D eigenvalue weighted by Gasteiger charge is 2.28. The van der Waals surface area contributed by atoms with E-state index in [9.17, 15) is 9.59 Å². The van der Waals surface area contributed by atoms with Crippen molar-refractivity contribution in [2.24, 2.45) is 11.7 Å². The molecule has 1 aliphatic rings. The summed E-state index contributed by atoms with van der Waals surface area (Å²) in [5.74, 6) is -1.26. The molecule has 3 N–H and O–H groups in total. The Bertz CT molecular complexity index is 502. The number of aliphatic carboxylic acids is 1. The third-order valence-corrected chi connectivity index (χ3v) is 3.80. The van der Waals surface area contributed by atoms with Gasteiger partial charge in [-0.05, 0) is 24.0 Å². The van der Waals surface area contributed by atoms with Crippen LogP contribution in [0.5, 0.6) is 0 Å². The smallest absolute Gasteiger partial charge is 0.308 e. The second kappa shape index (κ2) is 6.52. The van der Waals surface area contributed by atoms with E-state index in [1.54, 1.807) is 4.90 Å². The average Bonchev–Trinajstić information content (AvgIpc) is 2.48. The normalized spacial score (nSPS) is 18.9. The molecule has 1 aromatic rings. The van der Waals surface area contributed by atoms with Crippen LogP contribution < -0.4 is 5.73 Å². The summed E-state index contributed by atoms with van der Waals surface area (Å²) in [7, 11) is 0. The Labute approximate surface area is 118 Å². The monoisotopic (exact) mass is 276 g/mol. The topological polar surface area (TPSA) is 83.6 Å². The number of hydrogen-bond acceptors (Lipinski definition) is 3. The lowest BCUT2D eigenvalue weighted by Crippen LogP contribution is -2.43. The van der Waals surface area contributed by atoms with Crippen LogP contribution in [0.25, 0.3) is 0 Å². The average molecular weight is 276 g/mol. The number of nitrogens with two attached hydrogens (primary N) is 1. The number of piperidine rings is 1. The van der Waals surface area contributed by atoms with Crippen molar-refractivity contribution in [1.29, 1.82) is 0 Å². The molecule has 108 valence electrons. The first-order valence-corrected chi connectivity index (χ1v) is 6.89. The van der Waals surface area contributed by atoms with Crippen molar-refractivity contribution in [2.45, 2.75) is 25.8 Å². The quantitative estimate of drug-likeness (QED) is 0.859. The Balaban J connectivity index is 2.02. The lowest BCUT2D eigenvalue weighted by molar-refractivity contribution is -0.145. The van der Waals surface area contributed by atoms with Crippen LogP contribution >= 0.6 is 0 Å². The van der Waals surface area contributed by atoms with Crippen LogP contribution in [0.1, 0.15) is 24.0 Å². The summed E-state index contributed by atoms with van der Waals surface area (Å²) in [5, 5.41) is 9.06. The molecular weight excluding hydrogens is 256 g/mol. The number of carboxylic acids is 1. The Morgan fingerprint density at radius 2 is 2.00 bits per heavy atom. The van der Waals surface area contributed by atoms with E-state index < -0.39 is 11.9 Å². The second-order valence-electron chi connectivity index (χ2n) is 5.17. The minimum absolute atomic E-state index is 0.0168. The van der Waals surface area contributed by atoms with Gasteiger partial charge in [0.05, 0.1) is 12.3 Å². The van der Waals surface area contributed by atoms with Gasteiger partial charge in [-0.2, -0.15) is 0 Å². The van der Waals surface area contributed by atoms with Crippen molar-refractivity contribution in [3.05, 3.63) is 35.4 Å². The maximum atomic E-state index is 12.3. The number of carbonyl (C=O) groups excluding carboxylic acids is 1. The van der Waals surface area contributed by atoms with E-state index in [1.165, 1.54) is 0 Å². The van der Waals surface area contributed by atoms with E-state index in [0.717, 1.165) is 17.5 Å². The third-order valence-electron chi connectivity index (χ3n) is 3.80. The Hall–Kier alpha value is -1.88. The molecule has 0 spiro atoms. The standard InChI is InChI=1S/C15H20N2O3/c16-9-12-5-2-1-4-11(12)8-14(18)17-7-3-6-13(10-17)15(19)20/h1-2,4-5,13H,3,6-10,16H2,(H,19,20)/t13-/m0/s1. The van der Waals surface area contributed by atoms with E-state index in [0.29, 0.717) is 32.5 Å². The number of rotatable bonds is 4. The van der Waals surface area contributed by atoms with Crippen LogP contribution in [0, 0.1) is 5.92 Å². The maximum Gasteiger partial charge on any atom is 0.308 e. The number of benzene rings is 1. The van der Waals surface area contributed by atoms with Gasteiger partial charge in [0, 0.05) is 19.6 Å². The second-order valence-corrected chi connectivity index (χ2v) is 5.17. The first kappa shape index (κ1) is 14.5. The number of hydrogen-bond donors (Lipinski definition) is 2. The predicted octanol–water partition coefficient (Wildman–Crippen LogP) is 1.01. The lowest BCUT2D eigenvalue weighted by atomic mass is 9.97. The molecule has 1 atom stereocenters. The minimum Gasteiger partial charge on any atom is -0.481 e. The minimum atomic E-state index is -0.815. The van der Waals surface area contributed by atoms with Crippen LogP contribution in [0.2, 0.25) is 0 Å². The van der Waals surface area contributed by atoms with E-state index in [1.807, 2.05) is 24.3 Å². The predicted molar refractivity (Wildman–Crippen MR) is 75.0 cm³/mol. The van der Waals surface area contributed by atoms with E-state index in [-0.39, 0.29) is 5.91 Å². The van der Waals surface area contributed by atoms with Crippen LogP contribution in [0.4, 0.5) is 0 Å². The highest BCUT2D eigenvalue weighted by molar-refractivity contribution is 5.80. The fourth-order valence-corrected chi connectivity index (χ4v) is 2.61. The number of nitrogens with zero attached hydrogens (tertiary/aromatic N) is 1. The summed E-state index contributed by atoms with van der Waals surface area (Å²) in [4.78, 5) is 25.0. The first-order valence-electron chi connectivity index (χ1n) is 6.89. The maximum absolute atomic E-state index is 12.3. The zero-order chi connectivity index (χ0) is 14.5. The van der Waals surface area contributed by atoms with E-state index in [4.69, 9.17) is 10.8 Å². The largest absolute Gasteiger partial charge is 0.481 e. The van der Waals surface area contributed by atoms with E-state index >= 15 is 0 Å². The zero-order valence-electron chi connectivity index (χ0n) is 11.4. The molecule has 2 rings (SSSR count). The van der Waals surface area contributed by atoms with Gasteiger partial charge in [-0.1, -0.05) is 24.3 Å². The molecule has 5 nitrogen and oxygen atoms in total. The first-order chi connectivity index (χ1) is 9.61. The highest BCUT2D eigenvalue weighted by Crippen LogP contribution is 2.18. The fraction of sp³-hybridized carbons (Fsp3) is 0.467. The molecule has 0 bridgehead atoms. The third kappa shape index (κ3) is 3.36. The van der Waals surface area contributed by atoms with Crippen LogP contribution in [0.3, 0.4) is 0 Å². The van der Waals surface area contributed by atoms with Gasteiger partial charge < -0.3 is 15.7 Å². The summed E-state index contributed by atoms with van der Waals surface area (Å²) in [6.45, 7) is 1.37. The van der Waals surface area contributed by atoms with Crippen molar-refractivity contribution < 1.29 is 14.7 Å². The van der Waals surface area contributed by atoms with Crippen molar-refractivity contribution in [2.75, 3.05) is 13.1 Å². The molecule has 0 saturated carbocycles. The SMILES string of the molecule is NCc1ccccc1CC(=O)N1CCC[C@H](C(=O)O)C1. The summed E-state index contributed by atoms with van der Waals surface area (Å²) >= 11 is 0. The van der Waals surface area contributed by atoms with Gasteiger partial charge in [0.25, 0.3) is 0 Å². The fourth-order valence-electron chi connectivity index (χ4n) is 2.61. The van der Waals surface area contributed by atoms with Crippen molar-refractivity contribution in [1.82, 2.24) is 4.90 Å². The molecule has 0 aromatic heterocycles. The molecule has 0 radical (unpaired) electrons. The van der Waals surface area contributed by atoms with Gasteiger partial charge in [0.15, 0.2) is 0 Å². The number of likely N-dealkylation sites (tertiary alicyclic amines) is 1. The van der Waals surface area contributed by atoms with Crippen LogP contribution in [-0.4, -0.2) is 35.0 Å². The van der Waals surface area contributed by atoms with Gasteiger partial charge >= 0.3 is 5.97 Å². The molecule has 1 amide bonds. The van der Waals surface area contributed by atoms with Gasteiger partial charge in [0.2, 0.25) is 5.91 Å². The molecule has 5 heteroatoms. The van der Waals surface area contributed by atoms with Crippen LogP contribution in [-0.2, 0) is 22.6 Å². The zero-order valence-corrected chi connectivity index (χ0v) is 11.4. The number of amides is 1. The number of carbonyl (C=O) groups is 2. The molecule has 1 aromatic carbocycles. The Kier molecular flexibility index (Phi) is 4.74. The summed E-state index contributed by atoms with van der Waals surface area (Å²) in [6.07, 6.45) is 1.69. The van der Waals surface area contributed by atoms with E-state index in [2.05, 4.69) is 0 Å². The highest BCUT2D eigenvalue weighted by atomic mass is 16.4. The molecule has 0 unspecified atom stereocenters. The van der Waals surface area contributed by atoms with Crippen molar-refractivity contribution >= 4 is 11.9 Å². The van der Waals surface area contributed by atoms with Crippen molar-refractivity contribution in [3.63, 3.8) is 0 Å².